The van der Waals surface area contributed by atoms with Crippen molar-refractivity contribution >= 4 is 17.5 Å². The molecule has 7 nitrogen and oxygen atoms in total. The van der Waals surface area contributed by atoms with Crippen LogP contribution in [0.15, 0.2) is 42.5 Å². The van der Waals surface area contributed by atoms with Gasteiger partial charge in [-0.1, -0.05) is 38.2 Å². The SMILES string of the molecule is COc1cccc(C(=O)N[C@@H](CCC2CCCCC2)C(=O)N[C@@H](CCCN)CN2CCc3cc(F)ccc32)c1. The summed E-state index contributed by atoms with van der Waals surface area (Å²) < 4.78 is 19.0. The van der Waals surface area contributed by atoms with Crippen molar-refractivity contribution in [1.29, 1.82) is 0 Å². The molecule has 4 N–H and O–H groups in total. The van der Waals surface area contributed by atoms with Crippen LogP contribution in [0.1, 0.15) is 73.7 Å². The average molecular weight is 539 g/mol. The van der Waals surface area contributed by atoms with Crippen LogP contribution in [0.5, 0.6) is 5.75 Å². The summed E-state index contributed by atoms with van der Waals surface area (Å²) in [5, 5.41) is 6.25. The van der Waals surface area contributed by atoms with Crippen LogP contribution in [0, 0.1) is 11.7 Å². The van der Waals surface area contributed by atoms with Crippen LogP contribution in [0.2, 0.25) is 0 Å². The number of fused-ring (bicyclic) bond motifs is 1. The molecule has 1 aliphatic heterocycles. The first-order valence-electron chi connectivity index (χ1n) is 14.5. The Kier molecular flexibility index (Phi) is 10.6. The highest BCUT2D eigenvalue weighted by molar-refractivity contribution is 5.97. The summed E-state index contributed by atoms with van der Waals surface area (Å²) in [6, 6.07) is 11.1. The van der Waals surface area contributed by atoms with E-state index in [0.29, 0.717) is 36.7 Å². The third-order valence-corrected chi connectivity index (χ3v) is 8.12. The van der Waals surface area contributed by atoms with Crippen LogP contribution in [-0.2, 0) is 11.2 Å². The Bertz CT molecular complexity index is 1100. The third kappa shape index (κ3) is 8.18. The first-order chi connectivity index (χ1) is 19.0. The van der Waals surface area contributed by atoms with Gasteiger partial charge in [-0.05, 0) is 86.5 Å². The first-order valence-corrected chi connectivity index (χ1v) is 14.5. The van der Waals surface area contributed by atoms with Gasteiger partial charge >= 0.3 is 0 Å². The van der Waals surface area contributed by atoms with Crippen LogP contribution < -0.4 is 26.0 Å². The van der Waals surface area contributed by atoms with E-state index < -0.39 is 6.04 Å². The number of anilines is 1. The van der Waals surface area contributed by atoms with Gasteiger partial charge in [0.25, 0.3) is 5.91 Å². The Morgan fingerprint density at radius 3 is 2.69 bits per heavy atom. The molecule has 0 unspecified atom stereocenters. The third-order valence-electron chi connectivity index (χ3n) is 8.12. The van der Waals surface area contributed by atoms with Crippen LogP contribution in [0.3, 0.4) is 0 Å². The van der Waals surface area contributed by atoms with Gasteiger partial charge in [0, 0.05) is 30.4 Å². The summed E-state index contributed by atoms with van der Waals surface area (Å²) in [6.45, 7) is 1.93. The lowest BCUT2D eigenvalue weighted by atomic mass is 9.85. The highest BCUT2D eigenvalue weighted by Crippen LogP contribution is 2.30. The van der Waals surface area contributed by atoms with E-state index in [4.69, 9.17) is 10.5 Å². The number of nitrogens with one attached hydrogen (secondary N) is 2. The van der Waals surface area contributed by atoms with Crippen LogP contribution in [0.4, 0.5) is 10.1 Å². The quantitative estimate of drug-likeness (QED) is 0.347. The Labute approximate surface area is 231 Å². The number of carbonyl (C=O) groups excluding carboxylic acids is 2. The van der Waals surface area contributed by atoms with Crippen molar-refractivity contribution in [3.8, 4) is 5.75 Å². The number of nitrogens with zero attached hydrogens (tertiary/aromatic N) is 1. The molecule has 0 saturated heterocycles. The second kappa shape index (κ2) is 14.3. The van der Waals surface area contributed by atoms with E-state index in [1.807, 2.05) is 6.07 Å². The molecule has 0 radical (unpaired) electrons. The Morgan fingerprint density at radius 1 is 1.10 bits per heavy atom. The number of hydrogen-bond acceptors (Lipinski definition) is 5. The summed E-state index contributed by atoms with van der Waals surface area (Å²) in [5.41, 5.74) is 8.29. The second-order valence-corrected chi connectivity index (χ2v) is 10.9. The van der Waals surface area contributed by atoms with Crippen molar-refractivity contribution < 1.29 is 18.7 Å². The van der Waals surface area contributed by atoms with Gasteiger partial charge in [0.2, 0.25) is 5.91 Å². The van der Waals surface area contributed by atoms with Crippen LogP contribution in [0.25, 0.3) is 0 Å². The minimum Gasteiger partial charge on any atom is -0.497 e. The lowest BCUT2D eigenvalue weighted by molar-refractivity contribution is -0.123. The van der Waals surface area contributed by atoms with Crippen LogP contribution >= 0.6 is 0 Å². The molecule has 39 heavy (non-hydrogen) atoms. The van der Waals surface area contributed by atoms with Crippen molar-refractivity contribution in [3.63, 3.8) is 0 Å². The number of hydrogen-bond donors (Lipinski definition) is 3. The molecule has 212 valence electrons. The molecular formula is C31H43FN4O3. The number of benzene rings is 2. The first kappa shape index (κ1) is 28.9. The molecular weight excluding hydrogens is 495 g/mol. The monoisotopic (exact) mass is 538 g/mol. The van der Waals surface area contributed by atoms with E-state index in [-0.39, 0.29) is 23.7 Å². The van der Waals surface area contributed by atoms with Gasteiger partial charge in [-0.15, -0.1) is 0 Å². The topological polar surface area (TPSA) is 96.7 Å². The maximum Gasteiger partial charge on any atom is 0.252 e. The summed E-state index contributed by atoms with van der Waals surface area (Å²) in [5.74, 6) is 0.515. The standard InChI is InChI=1S/C31H43FN4O3/c1-39-27-11-5-9-24(20-27)30(37)35-28(14-12-22-7-3-2-4-8-22)31(38)34-26(10-6-17-33)21-36-18-16-23-19-25(32)13-15-29(23)36/h5,9,11,13,15,19-20,22,26,28H,2-4,6-8,10,12,14,16-18,21,33H2,1H3,(H,34,38)(H,35,37)/t26-,28-/m0/s1. The lowest BCUT2D eigenvalue weighted by Gasteiger charge is -2.29. The van der Waals surface area contributed by atoms with E-state index >= 15 is 0 Å². The van der Waals surface area contributed by atoms with Gasteiger partial charge in [0.15, 0.2) is 0 Å². The van der Waals surface area contributed by atoms with Gasteiger partial charge in [0.1, 0.15) is 17.6 Å². The summed E-state index contributed by atoms with van der Waals surface area (Å²) >= 11 is 0. The zero-order chi connectivity index (χ0) is 27.6. The molecule has 2 aromatic rings. The van der Waals surface area contributed by atoms with Gasteiger partial charge in [-0.3, -0.25) is 9.59 Å². The fourth-order valence-electron chi connectivity index (χ4n) is 5.92. The molecule has 1 saturated carbocycles. The molecule has 8 heteroatoms. The predicted octanol–water partition coefficient (Wildman–Crippen LogP) is 4.58. The molecule has 2 atom stereocenters. The van der Waals surface area contributed by atoms with Gasteiger partial charge < -0.3 is 26.0 Å². The van der Waals surface area contributed by atoms with Crippen molar-refractivity contribution in [2.75, 3.05) is 31.6 Å². The zero-order valence-corrected chi connectivity index (χ0v) is 23.1. The fraction of sp³-hybridized carbons (Fsp3) is 0.548. The number of amides is 2. The predicted molar refractivity (Wildman–Crippen MR) is 153 cm³/mol. The molecule has 4 rings (SSSR count). The van der Waals surface area contributed by atoms with E-state index in [0.717, 1.165) is 43.5 Å². The number of methoxy groups -OCH3 is 1. The lowest BCUT2D eigenvalue weighted by Crippen LogP contribution is -2.52. The molecule has 2 aromatic carbocycles. The Balaban J connectivity index is 1.45. The summed E-state index contributed by atoms with van der Waals surface area (Å²) in [4.78, 5) is 29.1. The normalized spacial score (nSPS) is 16.8. The minimum atomic E-state index is -0.633. The number of rotatable bonds is 13. The molecule has 0 spiro atoms. The van der Waals surface area contributed by atoms with E-state index in [1.54, 1.807) is 37.4 Å². The van der Waals surface area contributed by atoms with Crippen molar-refractivity contribution in [3.05, 3.63) is 59.4 Å². The van der Waals surface area contributed by atoms with E-state index in [2.05, 4.69) is 15.5 Å². The minimum absolute atomic E-state index is 0.136. The number of carbonyl (C=O) groups is 2. The Morgan fingerprint density at radius 2 is 1.92 bits per heavy atom. The fourth-order valence-corrected chi connectivity index (χ4v) is 5.92. The van der Waals surface area contributed by atoms with E-state index in [9.17, 15) is 14.0 Å². The largest absolute Gasteiger partial charge is 0.497 e. The smallest absolute Gasteiger partial charge is 0.252 e. The van der Waals surface area contributed by atoms with Crippen molar-refractivity contribution in [2.24, 2.45) is 11.7 Å². The average Bonchev–Trinajstić information content (AvgIpc) is 3.35. The van der Waals surface area contributed by atoms with Crippen molar-refractivity contribution in [2.45, 2.75) is 76.3 Å². The zero-order valence-electron chi connectivity index (χ0n) is 23.1. The molecule has 1 fully saturated rings. The molecule has 1 heterocycles. The maximum atomic E-state index is 13.7. The van der Waals surface area contributed by atoms with Gasteiger partial charge in [-0.2, -0.15) is 0 Å². The Hall–Kier alpha value is -3.13. The highest BCUT2D eigenvalue weighted by atomic mass is 19.1. The maximum absolute atomic E-state index is 13.7. The summed E-state index contributed by atoms with van der Waals surface area (Å²) in [7, 11) is 1.56. The molecule has 2 amide bonds. The van der Waals surface area contributed by atoms with E-state index in [1.165, 1.54) is 38.2 Å². The van der Waals surface area contributed by atoms with Crippen LogP contribution in [-0.4, -0.2) is 50.6 Å². The number of nitrogens with two attached hydrogens (primary N) is 1. The second-order valence-electron chi connectivity index (χ2n) is 10.9. The molecule has 2 aliphatic rings. The van der Waals surface area contributed by atoms with Crippen molar-refractivity contribution in [1.82, 2.24) is 10.6 Å². The van der Waals surface area contributed by atoms with Gasteiger partial charge in [0.05, 0.1) is 7.11 Å². The summed E-state index contributed by atoms with van der Waals surface area (Å²) in [6.07, 6.45) is 9.93. The van der Waals surface area contributed by atoms with Gasteiger partial charge in [-0.25, -0.2) is 4.39 Å². The molecule has 0 aromatic heterocycles. The highest BCUT2D eigenvalue weighted by Gasteiger charge is 2.28. The molecule has 0 bridgehead atoms. The number of ether oxygens (including phenoxy) is 1. The molecule has 1 aliphatic carbocycles. The number of halogens is 1.